The average Bonchev–Trinajstić information content (AvgIpc) is 2.60. The number of H-pyrrole nitrogens is 1. The van der Waals surface area contributed by atoms with E-state index >= 15 is 0 Å². The third-order valence-electron chi connectivity index (χ3n) is 3.73. The Kier molecular flexibility index (Phi) is 4.67. The van der Waals surface area contributed by atoms with Gasteiger partial charge < -0.3 is 9.72 Å². The summed E-state index contributed by atoms with van der Waals surface area (Å²) in [5, 5.41) is 0.972. The standard InChI is InChI=1S/C19H14ClNO4/c1-11(18(23)12-5-4-6-13(20)9-12)25-19(24)15-10-17(22)21-16-8-3-2-7-14(15)16/h2-11H,1H3,(H,21,22). The van der Waals surface area contributed by atoms with E-state index in [4.69, 9.17) is 16.3 Å². The van der Waals surface area contributed by atoms with Crippen LogP contribution in [-0.4, -0.2) is 22.8 Å². The van der Waals surface area contributed by atoms with Gasteiger partial charge in [0.2, 0.25) is 11.3 Å². The smallest absolute Gasteiger partial charge is 0.339 e. The Labute approximate surface area is 148 Å². The van der Waals surface area contributed by atoms with Gasteiger partial charge in [0.1, 0.15) is 0 Å². The Morgan fingerprint density at radius 1 is 1.08 bits per heavy atom. The molecule has 0 saturated heterocycles. The summed E-state index contributed by atoms with van der Waals surface area (Å²) in [7, 11) is 0. The molecular weight excluding hydrogens is 342 g/mol. The molecule has 1 heterocycles. The van der Waals surface area contributed by atoms with Gasteiger partial charge in [0.05, 0.1) is 5.56 Å². The number of hydrogen-bond acceptors (Lipinski definition) is 4. The normalized spacial score (nSPS) is 11.9. The Morgan fingerprint density at radius 2 is 1.84 bits per heavy atom. The molecule has 1 unspecified atom stereocenters. The van der Waals surface area contributed by atoms with Crippen molar-refractivity contribution in [3.05, 3.63) is 81.1 Å². The number of pyridine rings is 1. The molecule has 5 nitrogen and oxygen atoms in total. The molecule has 3 rings (SSSR count). The maximum atomic E-state index is 12.5. The summed E-state index contributed by atoms with van der Waals surface area (Å²) in [6.45, 7) is 1.48. The lowest BCUT2D eigenvalue weighted by Crippen LogP contribution is -2.25. The number of aromatic nitrogens is 1. The second-order valence-electron chi connectivity index (χ2n) is 5.51. The SMILES string of the molecule is CC(OC(=O)c1cc(=O)[nH]c2ccccc12)C(=O)c1cccc(Cl)c1. The van der Waals surface area contributed by atoms with Crippen LogP contribution >= 0.6 is 11.6 Å². The molecule has 0 spiro atoms. The lowest BCUT2D eigenvalue weighted by atomic mass is 10.1. The summed E-state index contributed by atoms with van der Waals surface area (Å²) in [5.74, 6) is -1.10. The van der Waals surface area contributed by atoms with E-state index in [1.165, 1.54) is 19.1 Å². The van der Waals surface area contributed by atoms with Crippen LogP contribution in [0.15, 0.2) is 59.4 Å². The Hall–Kier alpha value is -2.92. The largest absolute Gasteiger partial charge is 0.451 e. The van der Waals surface area contributed by atoms with Crippen molar-refractivity contribution in [1.82, 2.24) is 4.98 Å². The van der Waals surface area contributed by atoms with E-state index in [1.54, 1.807) is 42.5 Å². The summed E-state index contributed by atoms with van der Waals surface area (Å²) in [5.41, 5.74) is 0.573. The van der Waals surface area contributed by atoms with Crippen LogP contribution in [0, 0.1) is 0 Å². The number of rotatable bonds is 4. The maximum Gasteiger partial charge on any atom is 0.339 e. The van der Waals surface area contributed by atoms with Gasteiger partial charge in [-0.3, -0.25) is 9.59 Å². The van der Waals surface area contributed by atoms with Gasteiger partial charge in [0, 0.05) is 27.6 Å². The number of carbonyl (C=O) groups excluding carboxylic acids is 2. The molecule has 0 amide bonds. The lowest BCUT2D eigenvalue weighted by Gasteiger charge is -2.13. The molecule has 3 aromatic rings. The van der Waals surface area contributed by atoms with Gasteiger partial charge in [-0.25, -0.2) is 4.79 Å². The molecule has 0 aliphatic rings. The van der Waals surface area contributed by atoms with Crippen LogP contribution in [0.25, 0.3) is 10.9 Å². The minimum Gasteiger partial charge on any atom is -0.451 e. The number of benzene rings is 2. The van der Waals surface area contributed by atoms with Crippen molar-refractivity contribution >= 4 is 34.3 Å². The van der Waals surface area contributed by atoms with E-state index < -0.39 is 17.6 Å². The van der Waals surface area contributed by atoms with E-state index in [0.29, 0.717) is 21.5 Å². The number of aromatic amines is 1. The number of ether oxygens (including phenoxy) is 1. The molecule has 0 saturated carbocycles. The monoisotopic (exact) mass is 355 g/mol. The number of para-hydroxylation sites is 1. The quantitative estimate of drug-likeness (QED) is 0.573. The van der Waals surface area contributed by atoms with E-state index in [0.717, 1.165) is 0 Å². The number of ketones is 1. The zero-order chi connectivity index (χ0) is 18.0. The van der Waals surface area contributed by atoms with Gasteiger partial charge in [0.15, 0.2) is 6.10 Å². The van der Waals surface area contributed by atoms with Gasteiger partial charge in [-0.05, 0) is 25.1 Å². The minimum absolute atomic E-state index is 0.116. The highest BCUT2D eigenvalue weighted by molar-refractivity contribution is 6.31. The first-order valence-electron chi connectivity index (χ1n) is 7.58. The number of fused-ring (bicyclic) bond motifs is 1. The fourth-order valence-electron chi connectivity index (χ4n) is 2.53. The minimum atomic E-state index is -1.01. The molecule has 126 valence electrons. The van der Waals surface area contributed by atoms with Crippen molar-refractivity contribution in [3.63, 3.8) is 0 Å². The highest BCUT2D eigenvalue weighted by Crippen LogP contribution is 2.18. The number of Topliss-reactive ketones (excluding diaryl/α,β-unsaturated/α-hetero) is 1. The summed E-state index contributed by atoms with van der Waals surface area (Å²) in [6.07, 6.45) is -1.01. The summed E-state index contributed by atoms with van der Waals surface area (Å²) < 4.78 is 5.27. The zero-order valence-corrected chi connectivity index (χ0v) is 14.0. The maximum absolute atomic E-state index is 12.5. The van der Waals surface area contributed by atoms with Crippen molar-refractivity contribution < 1.29 is 14.3 Å². The van der Waals surface area contributed by atoms with Crippen molar-refractivity contribution in [2.75, 3.05) is 0 Å². The molecule has 0 aliphatic heterocycles. The predicted molar refractivity (Wildman–Crippen MR) is 95.2 cm³/mol. The average molecular weight is 356 g/mol. The van der Waals surface area contributed by atoms with E-state index in [-0.39, 0.29) is 11.3 Å². The number of halogens is 1. The fourth-order valence-corrected chi connectivity index (χ4v) is 2.72. The lowest BCUT2D eigenvalue weighted by molar-refractivity contribution is 0.0320. The molecule has 1 aromatic heterocycles. The third kappa shape index (κ3) is 3.61. The molecule has 0 radical (unpaired) electrons. The first kappa shape index (κ1) is 16.9. The summed E-state index contributed by atoms with van der Waals surface area (Å²) in [4.78, 5) is 39.3. The van der Waals surface area contributed by atoms with Crippen LogP contribution in [0.5, 0.6) is 0 Å². The molecule has 0 aliphatic carbocycles. The van der Waals surface area contributed by atoms with Gasteiger partial charge >= 0.3 is 5.97 Å². The van der Waals surface area contributed by atoms with Crippen LogP contribution in [0.1, 0.15) is 27.6 Å². The van der Waals surface area contributed by atoms with Crippen molar-refractivity contribution in [1.29, 1.82) is 0 Å². The highest BCUT2D eigenvalue weighted by atomic mass is 35.5. The van der Waals surface area contributed by atoms with Crippen LogP contribution in [0.3, 0.4) is 0 Å². The summed E-state index contributed by atoms with van der Waals surface area (Å²) in [6, 6.07) is 14.5. The van der Waals surface area contributed by atoms with Gasteiger partial charge in [0.25, 0.3) is 0 Å². The third-order valence-corrected chi connectivity index (χ3v) is 3.97. The number of hydrogen-bond donors (Lipinski definition) is 1. The van der Waals surface area contributed by atoms with Crippen molar-refractivity contribution in [3.8, 4) is 0 Å². The number of nitrogens with one attached hydrogen (secondary N) is 1. The van der Waals surface area contributed by atoms with Crippen molar-refractivity contribution in [2.24, 2.45) is 0 Å². The molecule has 6 heteroatoms. The number of carbonyl (C=O) groups is 2. The van der Waals surface area contributed by atoms with E-state index in [9.17, 15) is 14.4 Å². The molecule has 2 aromatic carbocycles. The van der Waals surface area contributed by atoms with Crippen LogP contribution in [0.2, 0.25) is 5.02 Å². The van der Waals surface area contributed by atoms with Gasteiger partial charge in [-0.15, -0.1) is 0 Å². The van der Waals surface area contributed by atoms with E-state index in [2.05, 4.69) is 4.98 Å². The molecular formula is C19H14ClNO4. The van der Waals surface area contributed by atoms with Crippen molar-refractivity contribution in [2.45, 2.75) is 13.0 Å². The first-order valence-corrected chi connectivity index (χ1v) is 7.96. The zero-order valence-electron chi connectivity index (χ0n) is 13.3. The Bertz CT molecular complexity index is 1030. The topological polar surface area (TPSA) is 76.2 Å². The molecule has 1 atom stereocenters. The molecule has 1 N–H and O–H groups in total. The first-order chi connectivity index (χ1) is 12.0. The molecule has 0 bridgehead atoms. The highest BCUT2D eigenvalue weighted by Gasteiger charge is 2.22. The number of esters is 1. The second kappa shape index (κ2) is 6.91. The van der Waals surface area contributed by atoms with E-state index in [1.807, 2.05) is 0 Å². The van der Waals surface area contributed by atoms with Gasteiger partial charge in [-0.1, -0.05) is 41.9 Å². The predicted octanol–water partition coefficient (Wildman–Crippen LogP) is 3.61. The second-order valence-corrected chi connectivity index (χ2v) is 5.95. The molecule has 0 fully saturated rings. The van der Waals surface area contributed by atoms with Crippen LogP contribution < -0.4 is 5.56 Å². The van der Waals surface area contributed by atoms with Crippen LogP contribution in [-0.2, 0) is 4.74 Å². The van der Waals surface area contributed by atoms with Gasteiger partial charge in [-0.2, -0.15) is 0 Å². The van der Waals surface area contributed by atoms with Crippen LogP contribution in [0.4, 0.5) is 0 Å². The Morgan fingerprint density at radius 3 is 2.60 bits per heavy atom. The fraction of sp³-hybridized carbons (Fsp3) is 0.105. The summed E-state index contributed by atoms with van der Waals surface area (Å²) >= 11 is 5.88. The molecule has 25 heavy (non-hydrogen) atoms. The Balaban J connectivity index is 1.87.